The summed E-state index contributed by atoms with van der Waals surface area (Å²) in [4.78, 5) is 13.1. The molecule has 0 heterocycles. The molecule has 118 valence electrons. The Morgan fingerprint density at radius 2 is 1.86 bits per heavy atom. The largest absolute Gasteiger partial charge is 0.444 e. The van der Waals surface area contributed by atoms with E-state index >= 15 is 0 Å². The summed E-state index contributed by atoms with van der Waals surface area (Å²) < 4.78 is 43.8. The van der Waals surface area contributed by atoms with Crippen molar-refractivity contribution in [2.24, 2.45) is 0 Å². The van der Waals surface area contributed by atoms with Gasteiger partial charge in [-0.2, -0.15) is 13.2 Å². The first kappa shape index (κ1) is 17.8. The van der Waals surface area contributed by atoms with Crippen molar-refractivity contribution < 1.29 is 22.7 Å². The van der Waals surface area contributed by atoms with Crippen LogP contribution in [0.25, 0.3) is 0 Å². The van der Waals surface area contributed by atoms with E-state index in [4.69, 9.17) is 4.74 Å². The van der Waals surface area contributed by atoms with E-state index in [0.29, 0.717) is 10.0 Å². The summed E-state index contributed by atoms with van der Waals surface area (Å²) in [5.74, 6) is 0. The van der Waals surface area contributed by atoms with Crippen LogP contribution in [0.1, 0.15) is 31.9 Å². The lowest BCUT2D eigenvalue weighted by Crippen LogP contribution is -2.33. The van der Waals surface area contributed by atoms with Gasteiger partial charge in [0.2, 0.25) is 0 Å². The first-order chi connectivity index (χ1) is 9.40. The van der Waals surface area contributed by atoms with Crippen molar-refractivity contribution in [2.75, 3.05) is 7.05 Å². The van der Waals surface area contributed by atoms with Crippen molar-refractivity contribution in [3.8, 4) is 0 Å². The van der Waals surface area contributed by atoms with Gasteiger partial charge in [-0.15, -0.1) is 0 Å². The van der Waals surface area contributed by atoms with Gasteiger partial charge in [0.05, 0.1) is 5.56 Å². The summed E-state index contributed by atoms with van der Waals surface area (Å²) in [6.45, 7) is 5.18. The molecule has 1 aromatic carbocycles. The number of rotatable bonds is 2. The topological polar surface area (TPSA) is 29.5 Å². The van der Waals surface area contributed by atoms with Crippen molar-refractivity contribution in [3.05, 3.63) is 33.8 Å². The Morgan fingerprint density at radius 3 is 2.33 bits per heavy atom. The first-order valence-electron chi connectivity index (χ1n) is 6.20. The molecule has 21 heavy (non-hydrogen) atoms. The number of nitrogens with zero attached hydrogens (tertiary/aromatic N) is 1. The van der Waals surface area contributed by atoms with E-state index in [9.17, 15) is 18.0 Å². The lowest BCUT2D eigenvalue weighted by molar-refractivity contribution is -0.137. The Morgan fingerprint density at radius 1 is 1.29 bits per heavy atom. The maximum Gasteiger partial charge on any atom is 0.416 e. The number of amides is 1. The van der Waals surface area contributed by atoms with Gasteiger partial charge in [-0.05, 0) is 44.5 Å². The fourth-order valence-corrected chi connectivity index (χ4v) is 1.90. The third-order valence-electron chi connectivity index (χ3n) is 2.49. The highest BCUT2D eigenvalue weighted by atomic mass is 79.9. The Bertz CT molecular complexity index is 524. The number of carbonyl (C=O) groups excluding carboxylic acids is 1. The van der Waals surface area contributed by atoms with Gasteiger partial charge in [-0.1, -0.05) is 15.9 Å². The molecule has 0 aromatic heterocycles. The molecule has 0 unspecified atom stereocenters. The quantitative estimate of drug-likeness (QED) is 0.748. The third kappa shape index (κ3) is 5.57. The van der Waals surface area contributed by atoms with E-state index in [1.807, 2.05) is 0 Å². The molecule has 0 aliphatic rings. The van der Waals surface area contributed by atoms with Crippen molar-refractivity contribution in [1.82, 2.24) is 4.90 Å². The molecule has 0 saturated heterocycles. The van der Waals surface area contributed by atoms with Gasteiger partial charge >= 0.3 is 12.3 Å². The summed E-state index contributed by atoms with van der Waals surface area (Å²) in [6, 6.07) is 3.33. The van der Waals surface area contributed by atoms with E-state index in [1.165, 1.54) is 18.0 Å². The van der Waals surface area contributed by atoms with Crippen LogP contribution < -0.4 is 0 Å². The summed E-state index contributed by atoms with van der Waals surface area (Å²) in [6.07, 6.45) is -5.01. The van der Waals surface area contributed by atoms with Gasteiger partial charge < -0.3 is 9.64 Å². The summed E-state index contributed by atoms with van der Waals surface area (Å²) in [7, 11) is 1.47. The first-order valence-corrected chi connectivity index (χ1v) is 6.99. The second-order valence-corrected chi connectivity index (χ2v) is 6.49. The van der Waals surface area contributed by atoms with E-state index in [0.717, 1.165) is 12.1 Å². The van der Waals surface area contributed by atoms with Crippen molar-refractivity contribution in [1.29, 1.82) is 0 Å². The SMILES string of the molecule is CN(Cc1cc(C(F)(F)F)ccc1Br)C(=O)OC(C)(C)C. The molecule has 1 aromatic rings. The highest BCUT2D eigenvalue weighted by Crippen LogP contribution is 2.32. The zero-order chi connectivity index (χ0) is 16.4. The molecule has 1 rings (SSSR count). The molecule has 3 nitrogen and oxygen atoms in total. The van der Waals surface area contributed by atoms with Crippen LogP contribution in [0, 0.1) is 0 Å². The van der Waals surface area contributed by atoms with Gasteiger partial charge in [-0.25, -0.2) is 4.79 Å². The molecule has 0 spiro atoms. The van der Waals surface area contributed by atoms with Crippen LogP contribution in [0.2, 0.25) is 0 Å². The molecule has 7 heteroatoms. The van der Waals surface area contributed by atoms with Crippen LogP contribution in [-0.2, 0) is 17.5 Å². The Labute approximate surface area is 130 Å². The van der Waals surface area contributed by atoms with Crippen LogP contribution >= 0.6 is 15.9 Å². The standard InChI is InChI=1S/C14H17BrF3NO2/c1-13(2,3)21-12(20)19(4)8-9-7-10(14(16,17)18)5-6-11(9)15/h5-7H,8H2,1-4H3. The molecule has 0 atom stereocenters. The number of ether oxygens (including phenoxy) is 1. The number of hydrogen-bond acceptors (Lipinski definition) is 2. The molecular formula is C14H17BrF3NO2. The number of benzene rings is 1. The second kappa shape index (κ2) is 6.25. The van der Waals surface area contributed by atoms with E-state index in [-0.39, 0.29) is 6.54 Å². The van der Waals surface area contributed by atoms with Gasteiger partial charge in [0.25, 0.3) is 0 Å². The molecule has 0 aliphatic carbocycles. The van der Waals surface area contributed by atoms with Crippen LogP contribution in [0.15, 0.2) is 22.7 Å². The summed E-state index contributed by atoms with van der Waals surface area (Å²) >= 11 is 3.19. The van der Waals surface area contributed by atoms with Crippen molar-refractivity contribution >= 4 is 22.0 Å². The van der Waals surface area contributed by atoms with E-state index in [1.54, 1.807) is 20.8 Å². The Balaban J connectivity index is 2.90. The Hall–Kier alpha value is -1.24. The highest BCUT2D eigenvalue weighted by molar-refractivity contribution is 9.10. The molecule has 0 radical (unpaired) electrons. The number of carbonyl (C=O) groups is 1. The summed E-state index contributed by atoms with van der Waals surface area (Å²) in [5, 5.41) is 0. The normalized spacial score (nSPS) is 12.2. The molecule has 1 amide bonds. The van der Waals surface area contributed by atoms with Crippen molar-refractivity contribution in [3.63, 3.8) is 0 Å². The minimum atomic E-state index is -4.42. The monoisotopic (exact) mass is 367 g/mol. The minimum Gasteiger partial charge on any atom is -0.444 e. The summed E-state index contributed by atoms with van der Waals surface area (Å²) in [5.41, 5.74) is -1.05. The van der Waals surface area contributed by atoms with Gasteiger partial charge in [-0.3, -0.25) is 0 Å². The van der Waals surface area contributed by atoms with Crippen LogP contribution in [0.5, 0.6) is 0 Å². The van der Waals surface area contributed by atoms with Crippen molar-refractivity contribution in [2.45, 2.75) is 39.1 Å². The lowest BCUT2D eigenvalue weighted by Gasteiger charge is -2.25. The molecule has 0 saturated carbocycles. The Kier molecular flexibility index (Phi) is 5.30. The van der Waals surface area contributed by atoms with Gasteiger partial charge in [0.1, 0.15) is 5.60 Å². The molecule has 0 N–H and O–H groups in total. The van der Waals surface area contributed by atoms with Crippen LogP contribution in [0.4, 0.5) is 18.0 Å². The highest BCUT2D eigenvalue weighted by Gasteiger charge is 2.31. The minimum absolute atomic E-state index is 0.0133. The average molecular weight is 368 g/mol. The predicted molar refractivity (Wildman–Crippen MR) is 76.8 cm³/mol. The molecule has 0 aliphatic heterocycles. The second-order valence-electron chi connectivity index (χ2n) is 5.64. The maximum atomic E-state index is 12.7. The number of alkyl halides is 3. The maximum absolute atomic E-state index is 12.7. The lowest BCUT2D eigenvalue weighted by atomic mass is 10.1. The van der Waals surface area contributed by atoms with Crippen LogP contribution in [0.3, 0.4) is 0 Å². The molecule has 0 bridgehead atoms. The fourth-order valence-electron chi connectivity index (χ4n) is 1.53. The van der Waals surface area contributed by atoms with Crippen LogP contribution in [-0.4, -0.2) is 23.6 Å². The van der Waals surface area contributed by atoms with Gasteiger partial charge in [0, 0.05) is 18.1 Å². The van der Waals surface area contributed by atoms with E-state index in [2.05, 4.69) is 15.9 Å². The predicted octanol–water partition coefficient (Wildman–Crippen LogP) is 4.83. The third-order valence-corrected chi connectivity index (χ3v) is 3.26. The number of hydrogen-bond donors (Lipinski definition) is 0. The smallest absolute Gasteiger partial charge is 0.416 e. The van der Waals surface area contributed by atoms with E-state index < -0.39 is 23.4 Å². The zero-order valence-corrected chi connectivity index (χ0v) is 13.8. The fraction of sp³-hybridized carbons (Fsp3) is 0.500. The molecular weight excluding hydrogens is 351 g/mol. The number of halogens is 4. The average Bonchev–Trinajstić information content (AvgIpc) is 2.28. The van der Waals surface area contributed by atoms with Gasteiger partial charge in [0.15, 0.2) is 0 Å². The zero-order valence-electron chi connectivity index (χ0n) is 12.2. The molecule has 0 fully saturated rings.